The van der Waals surface area contributed by atoms with Crippen LogP contribution in [0.25, 0.3) is 0 Å². The number of methoxy groups -OCH3 is 1. The van der Waals surface area contributed by atoms with Crippen molar-refractivity contribution in [2.75, 3.05) is 27.3 Å². The maximum atomic E-state index is 5.20. The van der Waals surface area contributed by atoms with Crippen molar-refractivity contribution in [3.05, 3.63) is 35.9 Å². The van der Waals surface area contributed by atoms with Gasteiger partial charge in [-0.1, -0.05) is 37.3 Å². The van der Waals surface area contributed by atoms with Crippen LogP contribution in [0.2, 0.25) is 0 Å². The van der Waals surface area contributed by atoms with Crippen molar-refractivity contribution in [1.82, 2.24) is 5.32 Å². The van der Waals surface area contributed by atoms with Crippen LogP contribution < -0.4 is 5.32 Å². The SMILES string of the molecule is CNCC(CC(C)COC)c1ccccc1. The van der Waals surface area contributed by atoms with Gasteiger partial charge in [-0.2, -0.15) is 0 Å². The molecule has 2 atom stereocenters. The number of hydrogen-bond donors (Lipinski definition) is 1. The third-order valence-electron chi connectivity index (χ3n) is 2.86. The molecule has 16 heavy (non-hydrogen) atoms. The third kappa shape index (κ3) is 4.33. The second-order valence-corrected chi connectivity index (χ2v) is 4.46. The monoisotopic (exact) mass is 221 g/mol. The molecule has 2 nitrogen and oxygen atoms in total. The fraction of sp³-hybridized carbons (Fsp3) is 0.571. The molecule has 0 saturated carbocycles. The van der Waals surface area contributed by atoms with Crippen molar-refractivity contribution in [2.45, 2.75) is 19.3 Å². The first-order valence-electron chi connectivity index (χ1n) is 5.96. The predicted octanol–water partition coefficient (Wildman–Crippen LogP) is 2.66. The lowest BCUT2D eigenvalue weighted by molar-refractivity contribution is 0.151. The van der Waals surface area contributed by atoms with Crippen LogP contribution in [-0.2, 0) is 4.74 Å². The largest absolute Gasteiger partial charge is 0.384 e. The number of ether oxygens (including phenoxy) is 1. The summed E-state index contributed by atoms with van der Waals surface area (Å²) in [4.78, 5) is 0. The zero-order chi connectivity index (χ0) is 11.8. The Hall–Kier alpha value is -0.860. The maximum Gasteiger partial charge on any atom is 0.0488 e. The van der Waals surface area contributed by atoms with Gasteiger partial charge in [0.1, 0.15) is 0 Å². The van der Waals surface area contributed by atoms with E-state index < -0.39 is 0 Å². The van der Waals surface area contributed by atoms with Crippen LogP contribution in [0.4, 0.5) is 0 Å². The zero-order valence-electron chi connectivity index (χ0n) is 10.6. The molecule has 2 unspecified atom stereocenters. The van der Waals surface area contributed by atoms with Crippen LogP contribution in [-0.4, -0.2) is 27.3 Å². The summed E-state index contributed by atoms with van der Waals surface area (Å²) in [5, 5.41) is 3.27. The van der Waals surface area contributed by atoms with Crippen molar-refractivity contribution in [3.63, 3.8) is 0 Å². The Kier molecular flexibility index (Phi) is 6.12. The van der Waals surface area contributed by atoms with Crippen LogP contribution in [0.5, 0.6) is 0 Å². The minimum atomic E-state index is 0.580. The molecule has 0 aliphatic rings. The van der Waals surface area contributed by atoms with E-state index in [0.29, 0.717) is 11.8 Å². The molecule has 0 amide bonds. The summed E-state index contributed by atoms with van der Waals surface area (Å²) < 4.78 is 5.20. The molecule has 1 aromatic carbocycles. The molecular weight excluding hydrogens is 198 g/mol. The molecule has 0 saturated heterocycles. The first kappa shape index (κ1) is 13.2. The van der Waals surface area contributed by atoms with Crippen molar-refractivity contribution >= 4 is 0 Å². The normalized spacial score (nSPS) is 14.7. The molecule has 2 heteroatoms. The Morgan fingerprint density at radius 2 is 1.94 bits per heavy atom. The highest BCUT2D eigenvalue weighted by atomic mass is 16.5. The molecule has 0 bridgehead atoms. The van der Waals surface area contributed by atoms with Crippen molar-refractivity contribution in [1.29, 1.82) is 0 Å². The minimum absolute atomic E-state index is 0.580. The van der Waals surface area contributed by atoms with Gasteiger partial charge in [0.2, 0.25) is 0 Å². The highest BCUT2D eigenvalue weighted by molar-refractivity contribution is 5.19. The number of hydrogen-bond acceptors (Lipinski definition) is 2. The first-order valence-corrected chi connectivity index (χ1v) is 5.96. The standard InChI is InChI=1S/C14H23NO/c1-12(11-16-3)9-14(10-15-2)13-7-5-4-6-8-13/h4-8,12,14-15H,9-11H2,1-3H3. The Morgan fingerprint density at radius 1 is 1.25 bits per heavy atom. The van der Waals surface area contributed by atoms with E-state index in [9.17, 15) is 0 Å². The van der Waals surface area contributed by atoms with Crippen LogP contribution in [0, 0.1) is 5.92 Å². The smallest absolute Gasteiger partial charge is 0.0488 e. The molecule has 1 N–H and O–H groups in total. The minimum Gasteiger partial charge on any atom is -0.384 e. The molecule has 90 valence electrons. The Balaban J connectivity index is 2.60. The molecule has 0 aliphatic heterocycles. The van der Waals surface area contributed by atoms with E-state index in [1.54, 1.807) is 7.11 Å². The third-order valence-corrected chi connectivity index (χ3v) is 2.86. The second kappa shape index (κ2) is 7.42. The lowest BCUT2D eigenvalue weighted by Crippen LogP contribution is -2.20. The van der Waals surface area contributed by atoms with E-state index >= 15 is 0 Å². The summed E-state index contributed by atoms with van der Waals surface area (Å²) in [5.41, 5.74) is 1.42. The quantitative estimate of drug-likeness (QED) is 0.764. The highest BCUT2D eigenvalue weighted by Crippen LogP contribution is 2.23. The molecule has 1 aromatic rings. The molecule has 1 rings (SSSR count). The topological polar surface area (TPSA) is 21.3 Å². The summed E-state index contributed by atoms with van der Waals surface area (Å²) >= 11 is 0. The molecule has 0 spiro atoms. The average molecular weight is 221 g/mol. The van der Waals surface area contributed by atoms with E-state index in [0.717, 1.165) is 13.2 Å². The van der Waals surface area contributed by atoms with E-state index in [2.05, 4.69) is 42.6 Å². The Bertz CT molecular complexity index is 273. The summed E-state index contributed by atoms with van der Waals surface area (Å²) in [6, 6.07) is 10.7. The van der Waals surface area contributed by atoms with Gasteiger partial charge in [-0.15, -0.1) is 0 Å². The molecule has 0 fully saturated rings. The fourth-order valence-electron chi connectivity index (χ4n) is 2.15. The second-order valence-electron chi connectivity index (χ2n) is 4.46. The Morgan fingerprint density at radius 3 is 2.50 bits per heavy atom. The Labute approximate surface area is 99.0 Å². The van der Waals surface area contributed by atoms with Crippen LogP contribution in [0.3, 0.4) is 0 Å². The number of rotatable bonds is 7. The molecular formula is C14H23NO. The van der Waals surface area contributed by atoms with Gasteiger partial charge < -0.3 is 10.1 Å². The van der Waals surface area contributed by atoms with Crippen LogP contribution in [0.1, 0.15) is 24.8 Å². The van der Waals surface area contributed by atoms with Gasteiger partial charge in [0.15, 0.2) is 0 Å². The number of benzene rings is 1. The predicted molar refractivity (Wildman–Crippen MR) is 68.8 cm³/mol. The van der Waals surface area contributed by atoms with Crippen molar-refractivity contribution < 1.29 is 4.74 Å². The van der Waals surface area contributed by atoms with Crippen LogP contribution >= 0.6 is 0 Å². The van der Waals surface area contributed by atoms with Crippen molar-refractivity contribution in [2.24, 2.45) is 5.92 Å². The van der Waals surface area contributed by atoms with Gasteiger partial charge in [0.25, 0.3) is 0 Å². The highest BCUT2D eigenvalue weighted by Gasteiger charge is 2.14. The van der Waals surface area contributed by atoms with Gasteiger partial charge in [0, 0.05) is 20.3 Å². The van der Waals surface area contributed by atoms with Gasteiger partial charge >= 0.3 is 0 Å². The number of likely N-dealkylation sites (N-methyl/N-ethyl adjacent to an activating group) is 1. The van der Waals surface area contributed by atoms with E-state index in [1.807, 2.05) is 7.05 Å². The summed E-state index contributed by atoms with van der Waals surface area (Å²) in [5.74, 6) is 1.18. The van der Waals surface area contributed by atoms with E-state index in [-0.39, 0.29) is 0 Å². The summed E-state index contributed by atoms with van der Waals surface area (Å²) in [6.45, 7) is 4.11. The molecule has 0 radical (unpaired) electrons. The van der Waals surface area contributed by atoms with E-state index in [1.165, 1.54) is 12.0 Å². The number of nitrogens with one attached hydrogen (secondary N) is 1. The lowest BCUT2D eigenvalue weighted by atomic mass is 9.90. The van der Waals surface area contributed by atoms with E-state index in [4.69, 9.17) is 4.74 Å². The molecule has 0 aliphatic carbocycles. The van der Waals surface area contributed by atoms with Gasteiger partial charge in [0.05, 0.1) is 0 Å². The fourth-order valence-corrected chi connectivity index (χ4v) is 2.15. The average Bonchev–Trinajstić information content (AvgIpc) is 2.30. The lowest BCUT2D eigenvalue weighted by Gasteiger charge is -2.20. The van der Waals surface area contributed by atoms with Gasteiger partial charge in [-0.3, -0.25) is 0 Å². The zero-order valence-corrected chi connectivity index (χ0v) is 10.6. The molecule has 0 aromatic heterocycles. The first-order chi connectivity index (χ1) is 7.77. The van der Waals surface area contributed by atoms with Gasteiger partial charge in [-0.25, -0.2) is 0 Å². The van der Waals surface area contributed by atoms with Crippen LogP contribution in [0.15, 0.2) is 30.3 Å². The summed E-state index contributed by atoms with van der Waals surface area (Å²) in [6.07, 6.45) is 1.17. The van der Waals surface area contributed by atoms with Crippen molar-refractivity contribution in [3.8, 4) is 0 Å². The van der Waals surface area contributed by atoms with Gasteiger partial charge in [-0.05, 0) is 30.9 Å². The maximum absolute atomic E-state index is 5.20. The molecule has 0 heterocycles. The summed E-state index contributed by atoms with van der Waals surface area (Å²) in [7, 11) is 3.78.